The molecule has 0 spiro atoms. The summed E-state index contributed by atoms with van der Waals surface area (Å²) >= 11 is 3.22. The molecule has 1 fully saturated rings. The Balaban J connectivity index is 1.78. The van der Waals surface area contributed by atoms with Gasteiger partial charge in [-0.3, -0.25) is 0 Å². The average molecular weight is 381 g/mol. The van der Waals surface area contributed by atoms with E-state index < -0.39 is 5.82 Å². The van der Waals surface area contributed by atoms with Crippen molar-refractivity contribution in [3.8, 4) is 5.88 Å². The summed E-state index contributed by atoms with van der Waals surface area (Å²) in [6.45, 7) is 0. The number of anilines is 3. The first kappa shape index (κ1) is 16.0. The van der Waals surface area contributed by atoms with E-state index in [-0.39, 0.29) is 6.10 Å². The molecular weight excluding hydrogens is 363 g/mol. The number of nitrogens with two attached hydrogens (primary N) is 1. The fourth-order valence-corrected chi connectivity index (χ4v) is 2.97. The number of hydrogen-bond donors (Lipinski definition) is 2. The van der Waals surface area contributed by atoms with Crippen molar-refractivity contribution in [3.63, 3.8) is 0 Å². The summed E-state index contributed by atoms with van der Waals surface area (Å²) in [5.41, 5.74) is 6.67. The van der Waals surface area contributed by atoms with E-state index in [0.717, 1.165) is 25.7 Å². The van der Waals surface area contributed by atoms with Crippen molar-refractivity contribution in [1.29, 1.82) is 0 Å². The molecule has 1 aliphatic rings. The third kappa shape index (κ3) is 3.90. The summed E-state index contributed by atoms with van der Waals surface area (Å²) in [4.78, 5) is 8.20. The van der Waals surface area contributed by atoms with Crippen molar-refractivity contribution in [2.45, 2.75) is 38.2 Å². The Hall–Kier alpha value is -1.89. The number of hydrogen-bond acceptors (Lipinski definition) is 5. The zero-order valence-electron chi connectivity index (χ0n) is 12.6. The van der Waals surface area contributed by atoms with Gasteiger partial charge in [-0.15, -0.1) is 0 Å². The second-order valence-electron chi connectivity index (χ2n) is 5.57. The van der Waals surface area contributed by atoms with Gasteiger partial charge in [0.2, 0.25) is 5.88 Å². The van der Waals surface area contributed by atoms with Gasteiger partial charge in [0.25, 0.3) is 0 Å². The molecule has 0 unspecified atom stereocenters. The Morgan fingerprint density at radius 1 is 1.22 bits per heavy atom. The van der Waals surface area contributed by atoms with Crippen LogP contribution in [0.2, 0.25) is 0 Å². The van der Waals surface area contributed by atoms with E-state index in [9.17, 15) is 4.39 Å². The minimum absolute atomic E-state index is 0.137. The van der Waals surface area contributed by atoms with E-state index >= 15 is 0 Å². The SMILES string of the molecule is Nc1c(Nc2ccc(Br)cc2F)ncnc1OC1CCCCC1. The molecule has 0 bridgehead atoms. The van der Waals surface area contributed by atoms with Crippen LogP contribution in [0.15, 0.2) is 29.0 Å². The maximum absolute atomic E-state index is 13.9. The lowest BCUT2D eigenvalue weighted by Gasteiger charge is -2.23. The average Bonchev–Trinajstić information content (AvgIpc) is 2.54. The molecule has 0 aliphatic heterocycles. The van der Waals surface area contributed by atoms with Crippen LogP contribution in [0.1, 0.15) is 32.1 Å². The summed E-state index contributed by atoms with van der Waals surface area (Å²) < 4.78 is 20.5. The van der Waals surface area contributed by atoms with Gasteiger partial charge < -0.3 is 15.8 Å². The highest BCUT2D eigenvalue weighted by Crippen LogP contribution is 2.31. The Morgan fingerprint density at radius 2 is 2.00 bits per heavy atom. The summed E-state index contributed by atoms with van der Waals surface area (Å²) in [5, 5.41) is 2.89. The molecule has 1 aromatic carbocycles. The predicted octanol–water partition coefficient (Wildman–Crippen LogP) is 4.42. The summed E-state index contributed by atoms with van der Waals surface area (Å²) in [5.74, 6) is 0.297. The van der Waals surface area contributed by atoms with Gasteiger partial charge in [-0.05, 0) is 43.9 Å². The van der Waals surface area contributed by atoms with Gasteiger partial charge in [0.05, 0.1) is 5.69 Å². The zero-order chi connectivity index (χ0) is 16.2. The minimum atomic E-state index is -0.396. The third-order valence-corrected chi connectivity index (χ3v) is 4.36. The van der Waals surface area contributed by atoms with Gasteiger partial charge in [-0.1, -0.05) is 22.4 Å². The molecular formula is C16H18BrFN4O. The molecule has 0 atom stereocenters. The van der Waals surface area contributed by atoms with E-state index in [0.29, 0.717) is 27.5 Å². The maximum atomic E-state index is 13.9. The van der Waals surface area contributed by atoms with Crippen molar-refractivity contribution in [3.05, 3.63) is 34.8 Å². The second kappa shape index (κ2) is 7.12. The number of nitrogen functional groups attached to an aromatic ring is 1. The van der Waals surface area contributed by atoms with Crippen molar-refractivity contribution in [1.82, 2.24) is 9.97 Å². The van der Waals surface area contributed by atoms with Gasteiger partial charge in [0.15, 0.2) is 5.82 Å². The zero-order valence-corrected chi connectivity index (χ0v) is 14.1. The quantitative estimate of drug-likeness (QED) is 0.821. The molecule has 1 heterocycles. The Bertz CT molecular complexity index is 692. The molecule has 1 saturated carbocycles. The van der Waals surface area contributed by atoms with E-state index in [1.54, 1.807) is 12.1 Å². The van der Waals surface area contributed by atoms with Crippen LogP contribution >= 0.6 is 15.9 Å². The van der Waals surface area contributed by atoms with Crippen LogP contribution in [0.3, 0.4) is 0 Å². The lowest BCUT2D eigenvalue weighted by molar-refractivity contribution is 0.149. The van der Waals surface area contributed by atoms with Crippen LogP contribution in [0, 0.1) is 5.82 Å². The number of benzene rings is 1. The lowest BCUT2D eigenvalue weighted by Crippen LogP contribution is -2.21. The van der Waals surface area contributed by atoms with Crippen LogP contribution in [0.25, 0.3) is 0 Å². The molecule has 2 aromatic rings. The Labute approximate surface area is 142 Å². The van der Waals surface area contributed by atoms with Crippen LogP contribution < -0.4 is 15.8 Å². The molecule has 1 aliphatic carbocycles. The van der Waals surface area contributed by atoms with Crippen molar-refractivity contribution in [2.24, 2.45) is 0 Å². The molecule has 3 rings (SSSR count). The van der Waals surface area contributed by atoms with Crippen molar-refractivity contribution < 1.29 is 9.13 Å². The number of rotatable bonds is 4. The normalized spacial score (nSPS) is 15.4. The van der Waals surface area contributed by atoms with Crippen molar-refractivity contribution in [2.75, 3.05) is 11.1 Å². The number of nitrogens with zero attached hydrogens (tertiary/aromatic N) is 2. The van der Waals surface area contributed by atoms with Gasteiger partial charge in [0.1, 0.15) is 23.9 Å². The molecule has 0 radical (unpaired) electrons. The molecule has 3 N–H and O–H groups in total. The van der Waals surface area contributed by atoms with E-state index in [4.69, 9.17) is 10.5 Å². The fraction of sp³-hybridized carbons (Fsp3) is 0.375. The van der Waals surface area contributed by atoms with Gasteiger partial charge in [-0.2, -0.15) is 4.98 Å². The second-order valence-corrected chi connectivity index (χ2v) is 6.48. The number of aromatic nitrogens is 2. The summed E-state index contributed by atoms with van der Waals surface area (Å²) in [6, 6.07) is 4.73. The number of halogens is 2. The molecule has 122 valence electrons. The molecule has 5 nitrogen and oxygen atoms in total. The topological polar surface area (TPSA) is 73.1 Å². The molecule has 0 amide bonds. The monoisotopic (exact) mass is 380 g/mol. The fourth-order valence-electron chi connectivity index (χ4n) is 2.63. The largest absolute Gasteiger partial charge is 0.473 e. The van der Waals surface area contributed by atoms with Crippen LogP contribution in [-0.4, -0.2) is 16.1 Å². The maximum Gasteiger partial charge on any atom is 0.242 e. The first-order valence-electron chi connectivity index (χ1n) is 7.62. The molecule has 0 saturated heterocycles. The molecule has 1 aromatic heterocycles. The minimum Gasteiger partial charge on any atom is -0.473 e. The number of nitrogens with one attached hydrogen (secondary N) is 1. The van der Waals surface area contributed by atoms with Gasteiger partial charge >= 0.3 is 0 Å². The van der Waals surface area contributed by atoms with Crippen LogP contribution in [0.4, 0.5) is 21.6 Å². The van der Waals surface area contributed by atoms with Crippen LogP contribution in [-0.2, 0) is 0 Å². The van der Waals surface area contributed by atoms with Gasteiger partial charge in [-0.25, -0.2) is 9.37 Å². The highest BCUT2D eigenvalue weighted by Gasteiger charge is 2.18. The van der Waals surface area contributed by atoms with Gasteiger partial charge in [0, 0.05) is 4.47 Å². The third-order valence-electron chi connectivity index (χ3n) is 3.86. The lowest BCUT2D eigenvalue weighted by atomic mass is 9.98. The van der Waals surface area contributed by atoms with E-state index in [2.05, 4.69) is 31.2 Å². The Morgan fingerprint density at radius 3 is 2.74 bits per heavy atom. The molecule has 7 heteroatoms. The highest BCUT2D eigenvalue weighted by atomic mass is 79.9. The predicted molar refractivity (Wildman–Crippen MR) is 91.3 cm³/mol. The summed E-state index contributed by atoms with van der Waals surface area (Å²) in [7, 11) is 0. The summed E-state index contributed by atoms with van der Waals surface area (Å²) in [6.07, 6.45) is 7.08. The smallest absolute Gasteiger partial charge is 0.242 e. The molecule has 23 heavy (non-hydrogen) atoms. The number of ether oxygens (including phenoxy) is 1. The van der Waals surface area contributed by atoms with Crippen LogP contribution in [0.5, 0.6) is 5.88 Å². The highest BCUT2D eigenvalue weighted by molar-refractivity contribution is 9.10. The Kier molecular flexibility index (Phi) is 4.95. The standard InChI is InChI=1S/C16H18BrFN4O/c17-10-6-7-13(12(18)8-10)22-15-14(19)16(21-9-20-15)23-11-4-2-1-3-5-11/h6-9,11H,1-5,19H2,(H,20,21,22). The first-order chi connectivity index (χ1) is 11.1. The van der Waals surface area contributed by atoms with Crippen molar-refractivity contribution >= 4 is 33.1 Å². The van der Waals surface area contributed by atoms with E-state index in [1.807, 2.05) is 0 Å². The first-order valence-corrected chi connectivity index (χ1v) is 8.42. The van der Waals surface area contributed by atoms with E-state index in [1.165, 1.54) is 18.8 Å².